The molecule has 0 aliphatic rings. The fourth-order valence-corrected chi connectivity index (χ4v) is 0.861. The van der Waals surface area contributed by atoms with Crippen LogP contribution in [0.3, 0.4) is 0 Å². The van der Waals surface area contributed by atoms with E-state index in [1.165, 1.54) is 12.1 Å². The highest BCUT2D eigenvalue weighted by Crippen LogP contribution is 2.03. The second-order valence-electron chi connectivity index (χ2n) is 2.21. The molecule has 0 aliphatic carbocycles. The average molecular weight is 182 g/mol. The molecule has 5 heteroatoms. The van der Waals surface area contributed by atoms with Gasteiger partial charge in [0.05, 0.1) is 0 Å². The van der Waals surface area contributed by atoms with Gasteiger partial charge in [0.2, 0.25) is 0 Å². The second-order valence-corrected chi connectivity index (χ2v) is 2.21. The van der Waals surface area contributed by atoms with Crippen molar-refractivity contribution in [1.29, 1.82) is 0 Å². The number of hydrogen-bond acceptors (Lipinski definition) is 4. The second kappa shape index (κ2) is 4.20. The molecule has 0 heterocycles. The fourth-order valence-electron chi connectivity index (χ4n) is 0.861. The Labute approximate surface area is 73.6 Å². The average Bonchev–Trinajstić information content (AvgIpc) is 2.20. The highest BCUT2D eigenvalue weighted by molar-refractivity contribution is 6.44. The summed E-state index contributed by atoms with van der Waals surface area (Å²) in [4.78, 5) is 0. The maximum absolute atomic E-state index is 12.7. The minimum absolute atomic E-state index is 0.334. The molecular weight excluding hydrogens is 175 g/mol. The molecule has 0 aromatic heterocycles. The van der Waals surface area contributed by atoms with Crippen molar-refractivity contribution in [1.82, 2.24) is 0 Å². The topological polar surface area (TPSA) is 65.2 Å². The van der Waals surface area contributed by atoms with Gasteiger partial charge in [-0.2, -0.15) is 4.39 Å². The van der Waals surface area contributed by atoms with E-state index in [-0.39, 0.29) is 0 Å². The van der Waals surface area contributed by atoms with Crippen LogP contribution in [0, 0.1) is 0 Å². The summed E-state index contributed by atoms with van der Waals surface area (Å²) in [5.74, 6) is -1.23. The van der Waals surface area contributed by atoms with E-state index in [2.05, 4.69) is 10.3 Å². The van der Waals surface area contributed by atoms with E-state index in [0.717, 1.165) is 0 Å². The zero-order valence-electron chi connectivity index (χ0n) is 6.55. The van der Waals surface area contributed by atoms with Gasteiger partial charge >= 0.3 is 0 Å². The molecule has 0 amide bonds. The van der Waals surface area contributed by atoms with E-state index < -0.39 is 11.7 Å². The monoisotopic (exact) mass is 182 g/mol. The van der Waals surface area contributed by atoms with Crippen LogP contribution in [-0.2, 0) is 0 Å². The number of oxime groups is 2. The first-order valence-electron chi connectivity index (χ1n) is 3.45. The predicted molar refractivity (Wildman–Crippen MR) is 45.1 cm³/mol. The van der Waals surface area contributed by atoms with Crippen LogP contribution >= 0.6 is 0 Å². The highest BCUT2D eigenvalue weighted by atomic mass is 19.1. The first kappa shape index (κ1) is 9.18. The Morgan fingerprint density at radius 2 is 1.69 bits per heavy atom. The van der Waals surface area contributed by atoms with Crippen LogP contribution in [-0.4, -0.2) is 22.1 Å². The number of halogens is 1. The lowest BCUT2D eigenvalue weighted by molar-refractivity contribution is 0.308. The van der Waals surface area contributed by atoms with Gasteiger partial charge in [0, 0.05) is 5.56 Å². The molecule has 1 aromatic carbocycles. The van der Waals surface area contributed by atoms with Gasteiger partial charge in [0.25, 0.3) is 5.97 Å². The molecule has 0 fully saturated rings. The Balaban J connectivity index is 3.07. The molecule has 0 saturated carbocycles. The number of rotatable bonds is 2. The molecular formula is C8H7FN2O2. The largest absolute Gasteiger partial charge is 0.410 e. The van der Waals surface area contributed by atoms with Crippen LogP contribution in [0.5, 0.6) is 0 Å². The summed E-state index contributed by atoms with van der Waals surface area (Å²) < 4.78 is 12.7. The smallest absolute Gasteiger partial charge is 0.279 e. The number of nitrogens with zero attached hydrogens (tertiary/aromatic N) is 2. The van der Waals surface area contributed by atoms with E-state index in [1.807, 2.05) is 0 Å². The first-order chi connectivity index (χ1) is 6.29. The van der Waals surface area contributed by atoms with Crippen molar-refractivity contribution in [2.75, 3.05) is 0 Å². The quantitative estimate of drug-likeness (QED) is 0.414. The lowest BCUT2D eigenvalue weighted by Gasteiger charge is -1.98. The van der Waals surface area contributed by atoms with Crippen molar-refractivity contribution in [3.63, 3.8) is 0 Å². The minimum Gasteiger partial charge on any atom is -0.410 e. The van der Waals surface area contributed by atoms with Crippen molar-refractivity contribution in [3.05, 3.63) is 35.9 Å². The predicted octanol–water partition coefficient (Wildman–Crippen LogP) is 1.62. The summed E-state index contributed by atoms with van der Waals surface area (Å²) in [6.45, 7) is 0. The minimum atomic E-state index is -1.23. The molecule has 0 atom stereocenters. The highest BCUT2D eigenvalue weighted by Gasteiger charge is 2.11. The maximum Gasteiger partial charge on any atom is 0.279 e. The number of hydrogen-bond donors (Lipinski definition) is 2. The lowest BCUT2D eigenvalue weighted by atomic mass is 10.1. The van der Waals surface area contributed by atoms with E-state index in [0.29, 0.717) is 5.56 Å². The van der Waals surface area contributed by atoms with Crippen LogP contribution in [0.1, 0.15) is 5.56 Å². The lowest BCUT2D eigenvalue weighted by Crippen LogP contribution is -2.10. The summed E-state index contributed by atoms with van der Waals surface area (Å²) in [7, 11) is 0. The molecule has 4 nitrogen and oxygen atoms in total. The van der Waals surface area contributed by atoms with Gasteiger partial charge in [-0.15, -0.1) is 0 Å². The Kier molecular flexibility index (Phi) is 2.97. The van der Waals surface area contributed by atoms with Crippen molar-refractivity contribution in [2.24, 2.45) is 10.3 Å². The van der Waals surface area contributed by atoms with E-state index in [1.54, 1.807) is 18.2 Å². The van der Waals surface area contributed by atoms with E-state index in [4.69, 9.17) is 10.4 Å². The zero-order valence-corrected chi connectivity index (χ0v) is 6.55. The van der Waals surface area contributed by atoms with E-state index in [9.17, 15) is 4.39 Å². The molecule has 0 unspecified atom stereocenters. The van der Waals surface area contributed by atoms with Crippen molar-refractivity contribution in [2.45, 2.75) is 0 Å². The van der Waals surface area contributed by atoms with Gasteiger partial charge in [0.15, 0.2) is 5.71 Å². The standard InChI is InChI=1S/C8H7FN2O2/c9-8(11-13)7(10-12)6-4-2-1-3-5-6/h1-5,12-13H. The van der Waals surface area contributed by atoms with Crippen LogP contribution in [0.25, 0.3) is 0 Å². The molecule has 0 bridgehead atoms. The molecule has 1 rings (SSSR count). The van der Waals surface area contributed by atoms with Crippen molar-refractivity contribution >= 4 is 11.7 Å². The number of benzene rings is 1. The maximum atomic E-state index is 12.7. The molecule has 2 N–H and O–H groups in total. The Bertz CT molecular complexity index is 335. The summed E-state index contributed by atoms with van der Waals surface area (Å²) in [5, 5.41) is 21.5. The van der Waals surface area contributed by atoms with Gasteiger partial charge in [-0.1, -0.05) is 40.6 Å². The third-order valence-corrected chi connectivity index (χ3v) is 1.43. The molecule has 68 valence electrons. The van der Waals surface area contributed by atoms with Gasteiger partial charge in [-0.3, -0.25) is 0 Å². The van der Waals surface area contributed by atoms with Crippen LogP contribution in [0.4, 0.5) is 4.39 Å². The van der Waals surface area contributed by atoms with Crippen LogP contribution < -0.4 is 0 Å². The summed E-state index contributed by atoms with van der Waals surface area (Å²) >= 11 is 0. The molecule has 0 saturated heterocycles. The molecule has 1 aromatic rings. The molecule has 0 aliphatic heterocycles. The Morgan fingerprint density at radius 3 is 2.15 bits per heavy atom. The van der Waals surface area contributed by atoms with Gasteiger partial charge in [0.1, 0.15) is 0 Å². The third kappa shape index (κ3) is 2.02. The summed E-state index contributed by atoms with van der Waals surface area (Å²) in [5.41, 5.74) is -0.0663. The molecule has 0 radical (unpaired) electrons. The van der Waals surface area contributed by atoms with Crippen LogP contribution in [0.15, 0.2) is 40.6 Å². The SMILES string of the molecule is ON=C(F)C(=NO)c1ccccc1. The first-order valence-corrected chi connectivity index (χ1v) is 3.45. The molecule has 0 spiro atoms. The van der Waals surface area contributed by atoms with Gasteiger partial charge in [-0.25, -0.2) is 0 Å². The Morgan fingerprint density at radius 1 is 1.08 bits per heavy atom. The van der Waals surface area contributed by atoms with Crippen molar-refractivity contribution < 1.29 is 14.8 Å². The normalized spacial score (nSPS) is 13.0. The van der Waals surface area contributed by atoms with Gasteiger partial charge in [-0.05, 0) is 0 Å². The van der Waals surface area contributed by atoms with E-state index >= 15 is 0 Å². The third-order valence-electron chi connectivity index (χ3n) is 1.43. The summed E-state index contributed by atoms with van der Waals surface area (Å²) in [6, 6.07) is 8.07. The zero-order chi connectivity index (χ0) is 9.68. The molecule has 13 heavy (non-hydrogen) atoms. The van der Waals surface area contributed by atoms with Crippen LogP contribution in [0.2, 0.25) is 0 Å². The Hall–Kier alpha value is -1.91. The fraction of sp³-hybridized carbons (Fsp3) is 0. The van der Waals surface area contributed by atoms with Crippen molar-refractivity contribution in [3.8, 4) is 0 Å². The summed E-state index contributed by atoms with van der Waals surface area (Å²) in [6.07, 6.45) is 0. The van der Waals surface area contributed by atoms with Gasteiger partial charge < -0.3 is 10.4 Å².